The van der Waals surface area contributed by atoms with Crippen molar-refractivity contribution in [1.82, 2.24) is 4.98 Å². The minimum atomic E-state index is -0.452. The third kappa shape index (κ3) is 2.66. The van der Waals surface area contributed by atoms with Gasteiger partial charge < -0.3 is 4.74 Å². The standard InChI is InChI=1S/C13H10FNO2/c1-9-2-3-12(14)13(4-9)17-11-5-10(8-16)6-15-7-11/h2-8H,1H3. The first-order valence-corrected chi connectivity index (χ1v) is 5.03. The van der Waals surface area contributed by atoms with Gasteiger partial charge in [0.1, 0.15) is 5.75 Å². The highest BCUT2D eigenvalue weighted by Crippen LogP contribution is 2.25. The highest BCUT2D eigenvalue weighted by Gasteiger charge is 2.05. The molecule has 0 spiro atoms. The number of nitrogens with zero attached hydrogens (tertiary/aromatic N) is 1. The minimum Gasteiger partial charge on any atom is -0.453 e. The van der Waals surface area contributed by atoms with Crippen LogP contribution in [0.5, 0.6) is 11.5 Å². The molecule has 0 unspecified atom stereocenters. The van der Waals surface area contributed by atoms with Crippen LogP contribution in [-0.2, 0) is 0 Å². The van der Waals surface area contributed by atoms with Crippen molar-refractivity contribution >= 4 is 6.29 Å². The van der Waals surface area contributed by atoms with Gasteiger partial charge >= 0.3 is 0 Å². The van der Waals surface area contributed by atoms with Gasteiger partial charge in [0.05, 0.1) is 6.20 Å². The lowest BCUT2D eigenvalue weighted by molar-refractivity contribution is 0.112. The van der Waals surface area contributed by atoms with Gasteiger partial charge in [0.2, 0.25) is 0 Å². The van der Waals surface area contributed by atoms with E-state index >= 15 is 0 Å². The van der Waals surface area contributed by atoms with Gasteiger partial charge in [-0.1, -0.05) is 6.07 Å². The lowest BCUT2D eigenvalue weighted by Crippen LogP contribution is -1.91. The number of aryl methyl sites for hydroxylation is 1. The molecule has 3 nitrogen and oxygen atoms in total. The number of aromatic nitrogens is 1. The molecule has 17 heavy (non-hydrogen) atoms. The third-order valence-electron chi connectivity index (χ3n) is 2.18. The van der Waals surface area contributed by atoms with E-state index in [9.17, 15) is 9.18 Å². The first kappa shape index (κ1) is 11.3. The summed E-state index contributed by atoms with van der Waals surface area (Å²) in [7, 11) is 0. The molecule has 0 radical (unpaired) electrons. The number of rotatable bonds is 3. The number of benzene rings is 1. The molecule has 0 saturated heterocycles. The molecule has 0 fully saturated rings. The number of pyridine rings is 1. The molecule has 0 aliphatic heterocycles. The quantitative estimate of drug-likeness (QED) is 0.762. The smallest absolute Gasteiger partial charge is 0.165 e. The number of aldehydes is 1. The first-order valence-electron chi connectivity index (χ1n) is 5.03. The first-order chi connectivity index (χ1) is 8.19. The van der Waals surface area contributed by atoms with E-state index in [0.717, 1.165) is 5.56 Å². The lowest BCUT2D eigenvalue weighted by Gasteiger charge is -2.07. The van der Waals surface area contributed by atoms with E-state index in [1.54, 1.807) is 12.1 Å². The molecule has 0 atom stereocenters. The fourth-order valence-corrected chi connectivity index (χ4v) is 1.37. The van der Waals surface area contributed by atoms with Crippen LogP contribution in [0.1, 0.15) is 15.9 Å². The Balaban J connectivity index is 2.30. The van der Waals surface area contributed by atoms with E-state index in [1.807, 2.05) is 6.92 Å². The molecule has 0 saturated carbocycles. The van der Waals surface area contributed by atoms with Gasteiger partial charge in [-0.3, -0.25) is 9.78 Å². The van der Waals surface area contributed by atoms with Crippen LogP contribution in [-0.4, -0.2) is 11.3 Å². The van der Waals surface area contributed by atoms with Gasteiger partial charge in [-0.25, -0.2) is 4.39 Å². The van der Waals surface area contributed by atoms with E-state index in [4.69, 9.17) is 4.74 Å². The molecule has 0 N–H and O–H groups in total. The highest BCUT2D eigenvalue weighted by molar-refractivity contribution is 5.74. The van der Waals surface area contributed by atoms with Crippen LogP contribution in [0.2, 0.25) is 0 Å². The van der Waals surface area contributed by atoms with E-state index in [2.05, 4.69) is 4.98 Å². The van der Waals surface area contributed by atoms with E-state index in [-0.39, 0.29) is 5.75 Å². The molecule has 1 aromatic carbocycles. The fourth-order valence-electron chi connectivity index (χ4n) is 1.37. The van der Waals surface area contributed by atoms with E-state index in [0.29, 0.717) is 17.6 Å². The number of hydrogen-bond donors (Lipinski definition) is 0. The van der Waals surface area contributed by atoms with E-state index < -0.39 is 5.82 Å². The van der Waals surface area contributed by atoms with Crippen molar-refractivity contribution in [3.05, 3.63) is 53.6 Å². The van der Waals surface area contributed by atoms with Crippen molar-refractivity contribution in [1.29, 1.82) is 0 Å². The molecular formula is C13H10FNO2. The monoisotopic (exact) mass is 231 g/mol. The van der Waals surface area contributed by atoms with Gasteiger partial charge in [0.15, 0.2) is 17.9 Å². The number of carbonyl (C=O) groups excluding carboxylic acids is 1. The van der Waals surface area contributed by atoms with Crippen LogP contribution in [0.15, 0.2) is 36.7 Å². The second-order valence-corrected chi connectivity index (χ2v) is 3.61. The summed E-state index contributed by atoms with van der Waals surface area (Å²) in [5, 5.41) is 0. The molecule has 4 heteroatoms. The Hall–Kier alpha value is -2.23. The summed E-state index contributed by atoms with van der Waals surface area (Å²) in [5.74, 6) is 0.000977. The Bertz CT molecular complexity index is 555. The zero-order chi connectivity index (χ0) is 12.3. The zero-order valence-corrected chi connectivity index (χ0v) is 9.18. The molecule has 2 rings (SSSR count). The number of halogens is 1. The van der Waals surface area contributed by atoms with E-state index in [1.165, 1.54) is 24.5 Å². The topological polar surface area (TPSA) is 39.2 Å². The van der Waals surface area contributed by atoms with Crippen molar-refractivity contribution in [2.75, 3.05) is 0 Å². The summed E-state index contributed by atoms with van der Waals surface area (Å²) in [6, 6.07) is 6.08. The van der Waals surface area contributed by atoms with Gasteiger partial charge in [-0.2, -0.15) is 0 Å². The van der Waals surface area contributed by atoms with Gasteiger partial charge in [-0.15, -0.1) is 0 Å². The second-order valence-electron chi connectivity index (χ2n) is 3.61. The second kappa shape index (κ2) is 4.74. The molecule has 0 aliphatic rings. The summed E-state index contributed by atoms with van der Waals surface area (Å²) in [6.45, 7) is 1.84. The van der Waals surface area contributed by atoms with Gasteiger partial charge in [0.25, 0.3) is 0 Å². The lowest BCUT2D eigenvalue weighted by atomic mass is 10.2. The van der Waals surface area contributed by atoms with Gasteiger partial charge in [-0.05, 0) is 30.7 Å². The SMILES string of the molecule is Cc1ccc(F)c(Oc2cncc(C=O)c2)c1. The van der Waals surface area contributed by atoms with Crippen LogP contribution in [0.25, 0.3) is 0 Å². The maximum atomic E-state index is 13.4. The summed E-state index contributed by atoms with van der Waals surface area (Å²) >= 11 is 0. The molecular weight excluding hydrogens is 221 g/mol. The molecule has 0 amide bonds. The van der Waals surface area contributed by atoms with Crippen molar-refractivity contribution in [2.45, 2.75) is 6.92 Å². The molecule has 1 heterocycles. The van der Waals surface area contributed by atoms with Crippen molar-refractivity contribution < 1.29 is 13.9 Å². The van der Waals surface area contributed by atoms with Crippen molar-refractivity contribution in [2.24, 2.45) is 0 Å². The number of ether oxygens (including phenoxy) is 1. The Labute approximate surface area is 97.9 Å². The highest BCUT2D eigenvalue weighted by atomic mass is 19.1. The molecule has 0 bridgehead atoms. The van der Waals surface area contributed by atoms with Crippen LogP contribution >= 0.6 is 0 Å². The molecule has 2 aromatic rings. The largest absolute Gasteiger partial charge is 0.453 e. The molecule has 0 aliphatic carbocycles. The minimum absolute atomic E-state index is 0.120. The molecule has 1 aromatic heterocycles. The fraction of sp³-hybridized carbons (Fsp3) is 0.0769. The zero-order valence-electron chi connectivity index (χ0n) is 9.18. The maximum absolute atomic E-state index is 13.4. The number of hydrogen-bond acceptors (Lipinski definition) is 3. The average molecular weight is 231 g/mol. The summed E-state index contributed by atoms with van der Waals surface area (Å²) in [6.07, 6.45) is 3.49. The van der Waals surface area contributed by atoms with Crippen LogP contribution in [0.4, 0.5) is 4.39 Å². The van der Waals surface area contributed by atoms with Crippen LogP contribution < -0.4 is 4.74 Å². The summed E-state index contributed by atoms with van der Waals surface area (Å²) in [5.41, 5.74) is 1.27. The van der Waals surface area contributed by atoms with Crippen molar-refractivity contribution in [3.8, 4) is 11.5 Å². The Morgan fingerprint density at radius 1 is 1.29 bits per heavy atom. The summed E-state index contributed by atoms with van der Waals surface area (Å²) < 4.78 is 18.8. The molecule has 86 valence electrons. The predicted molar refractivity (Wildman–Crippen MR) is 60.8 cm³/mol. The van der Waals surface area contributed by atoms with Crippen LogP contribution in [0, 0.1) is 12.7 Å². The normalized spacial score (nSPS) is 10.0. The number of carbonyl (C=O) groups is 1. The van der Waals surface area contributed by atoms with Crippen LogP contribution in [0.3, 0.4) is 0 Å². The predicted octanol–water partition coefficient (Wildman–Crippen LogP) is 3.13. The van der Waals surface area contributed by atoms with Gasteiger partial charge in [0, 0.05) is 11.8 Å². The third-order valence-corrected chi connectivity index (χ3v) is 2.18. The average Bonchev–Trinajstić information content (AvgIpc) is 2.34. The van der Waals surface area contributed by atoms with Crippen molar-refractivity contribution in [3.63, 3.8) is 0 Å². The Morgan fingerprint density at radius 2 is 2.12 bits per heavy atom. The maximum Gasteiger partial charge on any atom is 0.165 e. The Kier molecular flexibility index (Phi) is 3.14. The Morgan fingerprint density at radius 3 is 2.88 bits per heavy atom. The summed E-state index contributed by atoms with van der Waals surface area (Å²) in [4.78, 5) is 14.4.